The zero-order chi connectivity index (χ0) is 14.1. The van der Waals surface area contributed by atoms with Gasteiger partial charge in [0.2, 0.25) is 0 Å². The maximum Gasteiger partial charge on any atom is 0.179 e. The van der Waals surface area contributed by atoms with Gasteiger partial charge >= 0.3 is 0 Å². The predicted octanol–water partition coefficient (Wildman–Crippen LogP) is 2.61. The Hall–Kier alpha value is -0.970. The molecule has 0 saturated carbocycles. The highest BCUT2D eigenvalue weighted by molar-refractivity contribution is 6.32. The van der Waals surface area contributed by atoms with Crippen molar-refractivity contribution < 1.29 is 14.6 Å². The lowest BCUT2D eigenvalue weighted by Crippen LogP contribution is -2.17. The van der Waals surface area contributed by atoms with E-state index in [4.69, 9.17) is 26.2 Å². The molecule has 2 N–H and O–H groups in total. The molecule has 108 valence electrons. The third-order valence-corrected chi connectivity index (χ3v) is 2.72. The Labute approximate surface area is 119 Å². The molecule has 0 aromatic heterocycles. The van der Waals surface area contributed by atoms with Gasteiger partial charge in [-0.1, -0.05) is 18.5 Å². The van der Waals surface area contributed by atoms with E-state index in [0.717, 1.165) is 12.0 Å². The third-order valence-electron chi connectivity index (χ3n) is 2.44. The van der Waals surface area contributed by atoms with Crippen LogP contribution in [0.1, 0.15) is 25.8 Å². The van der Waals surface area contributed by atoms with Crippen LogP contribution in [0.25, 0.3) is 0 Å². The molecule has 0 amide bonds. The van der Waals surface area contributed by atoms with Gasteiger partial charge in [0.15, 0.2) is 11.5 Å². The Morgan fingerprint density at radius 1 is 1.26 bits per heavy atom. The van der Waals surface area contributed by atoms with E-state index in [1.807, 2.05) is 26.0 Å². The van der Waals surface area contributed by atoms with E-state index in [2.05, 4.69) is 5.32 Å². The van der Waals surface area contributed by atoms with Crippen LogP contribution >= 0.6 is 11.6 Å². The first kappa shape index (κ1) is 16.1. The van der Waals surface area contributed by atoms with Crippen molar-refractivity contribution in [2.45, 2.75) is 26.8 Å². The number of nitrogens with one attached hydrogen (secondary N) is 1. The smallest absolute Gasteiger partial charge is 0.179 e. The van der Waals surface area contributed by atoms with Crippen LogP contribution in [-0.4, -0.2) is 31.5 Å². The lowest BCUT2D eigenvalue weighted by atomic mass is 10.2. The van der Waals surface area contributed by atoms with Gasteiger partial charge in [0.05, 0.1) is 24.8 Å². The molecule has 0 aliphatic carbocycles. The minimum absolute atomic E-state index is 0.115. The summed E-state index contributed by atoms with van der Waals surface area (Å²) in [6.07, 6.45) is 0.918. The predicted molar refractivity (Wildman–Crippen MR) is 77.2 cm³/mol. The summed E-state index contributed by atoms with van der Waals surface area (Å²) >= 11 is 6.24. The molecular formula is C14H22ClNO3. The van der Waals surface area contributed by atoms with Crippen LogP contribution in [0.4, 0.5) is 0 Å². The van der Waals surface area contributed by atoms with Gasteiger partial charge in [-0.2, -0.15) is 0 Å². The van der Waals surface area contributed by atoms with Gasteiger partial charge in [0, 0.05) is 13.1 Å². The first-order valence-corrected chi connectivity index (χ1v) is 7.00. The average molecular weight is 288 g/mol. The van der Waals surface area contributed by atoms with Crippen LogP contribution in [0.15, 0.2) is 12.1 Å². The summed E-state index contributed by atoms with van der Waals surface area (Å²) in [6.45, 7) is 6.44. The molecule has 1 aromatic carbocycles. The van der Waals surface area contributed by atoms with E-state index < -0.39 is 0 Å². The Kier molecular flexibility index (Phi) is 7.63. The van der Waals surface area contributed by atoms with Crippen LogP contribution in [0.5, 0.6) is 11.5 Å². The number of rotatable bonds is 9. The van der Waals surface area contributed by atoms with E-state index in [9.17, 15) is 0 Å². The van der Waals surface area contributed by atoms with E-state index >= 15 is 0 Å². The van der Waals surface area contributed by atoms with Crippen molar-refractivity contribution in [1.29, 1.82) is 0 Å². The number of benzene rings is 1. The largest absolute Gasteiger partial charge is 0.490 e. The minimum Gasteiger partial charge on any atom is -0.490 e. The second-order valence-electron chi connectivity index (χ2n) is 4.09. The molecule has 19 heavy (non-hydrogen) atoms. The van der Waals surface area contributed by atoms with Gasteiger partial charge in [-0.3, -0.25) is 0 Å². The highest BCUT2D eigenvalue weighted by Crippen LogP contribution is 2.36. The van der Waals surface area contributed by atoms with Gasteiger partial charge in [0.25, 0.3) is 0 Å². The average Bonchev–Trinajstić information content (AvgIpc) is 2.38. The van der Waals surface area contributed by atoms with Crippen molar-refractivity contribution in [2.24, 2.45) is 0 Å². The second-order valence-corrected chi connectivity index (χ2v) is 4.49. The lowest BCUT2D eigenvalue weighted by Gasteiger charge is -2.15. The summed E-state index contributed by atoms with van der Waals surface area (Å²) in [5.41, 5.74) is 1.01. The standard InChI is InChI=1S/C14H22ClNO3/c1-3-7-19-14-12(15)8-11(10-16-5-6-17)9-13(14)18-4-2/h8-9,16-17H,3-7,10H2,1-2H3. The van der Waals surface area contributed by atoms with Crippen LogP contribution in [0, 0.1) is 0 Å². The van der Waals surface area contributed by atoms with Crippen molar-refractivity contribution in [3.63, 3.8) is 0 Å². The van der Waals surface area contributed by atoms with E-state index in [-0.39, 0.29) is 6.61 Å². The van der Waals surface area contributed by atoms with E-state index in [1.165, 1.54) is 0 Å². The molecule has 0 spiro atoms. The molecule has 0 unspecified atom stereocenters. The molecule has 1 aromatic rings. The molecule has 0 saturated heterocycles. The summed E-state index contributed by atoms with van der Waals surface area (Å²) in [4.78, 5) is 0. The van der Waals surface area contributed by atoms with Crippen LogP contribution in [0.3, 0.4) is 0 Å². The molecule has 0 bridgehead atoms. The molecule has 0 fully saturated rings. The fourth-order valence-electron chi connectivity index (χ4n) is 1.64. The summed E-state index contributed by atoms with van der Waals surface area (Å²) in [5.74, 6) is 1.28. The summed E-state index contributed by atoms with van der Waals surface area (Å²) < 4.78 is 11.2. The second kappa shape index (κ2) is 9.02. The number of hydrogen-bond donors (Lipinski definition) is 2. The molecule has 0 radical (unpaired) electrons. The Balaban J connectivity index is 2.86. The van der Waals surface area contributed by atoms with Gasteiger partial charge in [0.1, 0.15) is 0 Å². The molecule has 0 aliphatic rings. The Bertz CT molecular complexity index is 385. The number of aliphatic hydroxyl groups is 1. The molecule has 0 aliphatic heterocycles. The van der Waals surface area contributed by atoms with Gasteiger partial charge in [-0.15, -0.1) is 0 Å². The Morgan fingerprint density at radius 3 is 2.68 bits per heavy atom. The van der Waals surface area contributed by atoms with Crippen molar-refractivity contribution in [3.8, 4) is 11.5 Å². The third kappa shape index (κ3) is 5.27. The molecule has 5 heteroatoms. The van der Waals surface area contributed by atoms with E-state index in [1.54, 1.807) is 0 Å². The molecule has 0 atom stereocenters. The highest BCUT2D eigenvalue weighted by atomic mass is 35.5. The maximum atomic E-state index is 8.75. The first-order chi connectivity index (χ1) is 9.22. The minimum atomic E-state index is 0.115. The first-order valence-electron chi connectivity index (χ1n) is 6.62. The maximum absolute atomic E-state index is 8.75. The zero-order valence-electron chi connectivity index (χ0n) is 11.5. The van der Waals surface area contributed by atoms with Crippen LogP contribution < -0.4 is 14.8 Å². The number of halogens is 1. The molecule has 1 rings (SSSR count). The SMILES string of the molecule is CCCOc1c(Cl)cc(CNCCO)cc1OCC. The lowest BCUT2D eigenvalue weighted by molar-refractivity contribution is 0.276. The van der Waals surface area contributed by atoms with Gasteiger partial charge < -0.3 is 19.9 Å². The normalized spacial score (nSPS) is 10.5. The topological polar surface area (TPSA) is 50.7 Å². The molecule has 0 heterocycles. The summed E-state index contributed by atoms with van der Waals surface area (Å²) in [7, 11) is 0. The summed E-state index contributed by atoms with van der Waals surface area (Å²) in [5, 5.41) is 12.4. The Morgan fingerprint density at radius 2 is 2.05 bits per heavy atom. The van der Waals surface area contributed by atoms with Crippen molar-refractivity contribution in [3.05, 3.63) is 22.7 Å². The van der Waals surface area contributed by atoms with Crippen molar-refractivity contribution >= 4 is 11.6 Å². The number of aliphatic hydroxyl groups excluding tert-OH is 1. The number of hydrogen-bond acceptors (Lipinski definition) is 4. The van der Waals surface area contributed by atoms with Crippen LogP contribution in [0.2, 0.25) is 5.02 Å². The van der Waals surface area contributed by atoms with Gasteiger partial charge in [-0.25, -0.2) is 0 Å². The highest BCUT2D eigenvalue weighted by Gasteiger charge is 2.12. The molecule has 4 nitrogen and oxygen atoms in total. The van der Waals surface area contributed by atoms with Crippen LogP contribution in [-0.2, 0) is 6.54 Å². The fraction of sp³-hybridized carbons (Fsp3) is 0.571. The zero-order valence-corrected chi connectivity index (χ0v) is 12.3. The van der Waals surface area contributed by atoms with Crippen molar-refractivity contribution in [2.75, 3.05) is 26.4 Å². The quantitative estimate of drug-likeness (QED) is 0.686. The number of ether oxygens (including phenoxy) is 2. The molecular weight excluding hydrogens is 266 g/mol. The van der Waals surface area contributed by atoms with Gasteiger partial charge in [-0.05, 0) is 31.0 Å². The van der Waals surface area contributed by atoms with E-state index in [0.29, 0.717) is 42.8 Å². The van der Waals surface area contributed by atoms with Crippen molar-refractivity contribution in [1.82, 2.24) is 5.32 Å². The summed E-state index contributed by atoms with van der Waals surface area (Å²) in [6, 6.07) is 3.78. The monoisotopic (exact) mass is 287 g/mol. The fourth-order valence-corrected chi connectivity index (χ4v) is 1.93.